The normalized spacial score (nSPS) is 19.4. The first-order valence-electron chi connectivity index (χ1n) is 9.37. The zero-order valence-electron chi connectivity index (χ0n) is 14.7. The lowest BCUT2D eigenvalue weighted by Gasteiger charge is -2.32. The van der Waals surface area contributed by atoms with Crippen molar-refractivity contribution in [3.8, 4) is 5.75 Å². The van der Waals surface area contributed by atoms with Gasteiger partial charge >= 0.3 is 0 Å². The number of aryl methyl sites for hydroxylation is 1. The number of nitrogens with one attached hydrogen (secondary N) is 1. The third-order valence-electron chi connectivity index (χ3n) is 5.46. The van der Waals surface area contributed by atoms with Crippen LogP contribution in [0.2, 0.25) is 0 Å². The van der Waals surface area contributed by atoms with Crippen molar-refractivity contribution in [2.45, 2.75) is 45.1 Å². The molecule has 4 nitrogen and oxygen atoms in total. The van der Waals surface area contributed by atoms with Gasteiger partial charge < -0.3 is 14.6 Å². The molecule has 4 rings (SSSR count). The summed E-state index contributed by atoms with van der Waals surface area (Å²) in [5.74, 6) is 0.723. The Morgan fingerprint density at radius 1 is 1.20 bits per heavy atom. The minimum Gasteiger partial charge on any atom is -0.487 e. The number of hydrogen-bond donors (Lipinski definition) is 1. The number of hydrogen-bond acceptors (Lipinski definition) is 3. The molecule has 0 amide bonds. The summed E-state index contributed by atoms with van der Waals surface area (Å²) in [5.41, 5.74) is 0.740. The van der Waals surface area contributed by atoms with Gasteiger partial charge in [-0.05, 0) is 61.1 Å². The molecule has 1 saturated carbocycles. The van der Waals surface area contributed by atoms with E-state index in [4.69, 9.17) is 4.74 Å². The minimum absolute atomic E-state index is 0.0504. The van der Waals surface area contributed by atoms with E-state index in [2.05, 4.69) is 9.88 Å². The van der Waals surface area contributed by atoms with Crippen molar-refractivity contribution >= 4 is 10.8 Å². The highest BCUT2D eigenvalue weighted by atomic mass is 19.1. The summed E-state index contributed by atoms with van der Waals surface area (Å²) in [5, 5.41) is 1.18. The summed E-state index contributed by atoms with van der Waals surface area (Å²) >= 11 is 0. The standard InChI is InChI=1S/C20H25FN2O2/c1-2-14-11-22-20(24)17-9-18(21)19(10-16(14)17)25-15-5-7-23(8-6-15)12-13-3-4-13/h9-11,13,15H,2-8,12H2,1H3,(H,22,24). The third kappa shape index (κ3) is 3.56. The van der Waals surface area contributed by atoms with Crippen molar-refractivity contribution in [3.05, 3.63) is 40.1 Å². The Kier molecular flexibility index (Phi) is 4.50. The van der Waals surface area contributed by atoms with Gasteiger partial charge in [0, 0.05) is 25.8 Å². The molecule has 1 aliphatic carbocycles. The zero-order valence-corrected chi connectivity index (χ0v) is 14.7. The lowest BCUT2D eigenvalue weighted by atomic mass is 10.0. The summed E-state index contributed by atoms with van der Waals surface area (Å²) in [7, 11) is 0. The lowest BCUT2D eigenvalue weighted by molar-refractivity contribution is 0.0949. The third-order valence-corrected chi connectivity index (χ3v) is 5.46. The highest BCUT2D eigenvalue weighted by Gasteiger charge is 2.28. The molecular weight excluding hydrogens is 319 g/mol. The molecule has 2 heterocycles. The van der Waals surface area contributed by atoms with Crippen LogP contribution in [0, 0.1) is 11.7 Å². The van der Waals surface area contributed by atoms with Crippen LogP contribution < -0.4 is 10.3 Å². The Hall–Kier alpha value is -1.88. The van der Waals surface area contributed by atoms with Gasteiger partial charge in [0.1, 0.15) is 6.10 Å². The van der Waals surface area contributed by atoms with Crippen LogP contribution >= 0.6 is 0 Å². The molecule has 0 spiro atoms. The Balaban J connectivity index is 1.51. The van der Waals surface area contributed by atoms with Gasteiger partial charge in [-0.25, -0.2) is 4.39 Å². The Labute approximate surface area is 147 Å². The molecule has 1 saturated heterocycles. The number of H-pyrrole nitrogens is 1. The van der Waals surface area contributed by atoms with Gasteiger partial charge in [-0.1, -0.05) is 6.92 Å². The summed E-state index contributed by atoms with van der Waals surface area (Å²) in [6.45, 7) is 5.28. The molecule has 25 heavy (non-hydrogen) atoms. The van der Waals surface area contributed by atoms with E-state index in [0.29, 0.717) is 5.39 Å². The van der Waals surface area contributed by atoms with E-state index in [-0.39, 0.29) is 17.4 Å². The number of pyridine rings is 1. The molecule has 0 radical (unpaired) electrons. The number of benzene rings is 1. The molecule has 1 aliphatic heterocycles. The second-order valence-electron chi connectivity index (χ2n) is 7.39. The van der Waals surface area contributed by atoms with Gasteiger partial charge in [0.2, 0.25) is 0 Å². The van der Waals surface area contributed by atoms with Crippen LogP contribution in [-0.4, -0.2) is 35.6 Å². The Morgan fingerprint density at radius 3 is 2.64 bits per heavy atom. The van der Waals surface area contributed by atoms with Crippen LogP contribution in [0.5, 0.6) is 5.75 Å². The molecule has 1 aromatic heterocycles. The van der Waals surface area contributed by atoms with Crippen molar-refractivity contribution in [2.24, 2.45) is 5.92 Å². The highest BCUT2D eigenvalue weighted by Crippen LogP contribution is 2.31. The first-order chi connectivity index (χ1) is 12.1. The summed E-state index contributed by atoms with van der Waals surface area (Å²) in [6, 6.07) is 3.01. The number of likely N-dealkylation sites (tertiary alicyclic amines) is 1. The van der Waals surface area contributed by atoms with E-state index in [9.17, 15) is 9.18 Å². The number of halogens is 1. The van der Waals surface area contributed by atoms with E-state index in [1.165, 1.54) is 25.5 Å². The fraction of sp³-hybridized carbons (Fsp3) is 0.550. The predicted octanol–water partition coefficient (Wildman–Crippen LogP) is 3.48. The minimum atomic E-state index is -0.452. The fourth-order valence-electron chi connectivity index (χ4n) is 3.75. The number of rotatable bonds is 5. The quantitative estimate of drug-likeness (QED) is 0.903. The van der Waals surface area contributed by atoms with E-state index >= 15 is 0 Å². The summed E-state index contributed by atoms with van der Waals surface area (Å²) in [6.07, 6.45) is 7.14. The van der Waals surface area contributed by atoms with Gasteiger partial charge in [0.25, 0.3) is 5.56 Å². The average molecular weight is 344 g/mol. The van der Waals surface area contributed by atoms with Crippen molar-refractivity contribution in [1.29, 1.82) is 0 Å². The van der Waals surface area contributed by atoms with Crippen molar-refractivity contribution < 1.29 is 9.13 Å². The average Bonchev–Trinajstić information content (AvgIpc) is 3.42. The molecule has 5 heteroatoms. The Bertz CT molecular complexity index is 820. The topological polar surface area (TPSA) is 45.3 Å². The van der Waals surface area contributed by atoms with Crippen LogP contribution in [0.4, 0.5) is 4.39 Å². The lowest BCUT2D eigenvalue weighted by Crippen LogP contribution is -2.39. The molecular formula is C20H25FN2O2. The first-order valence-corrected chi connectivity index (χ1v) is 9.37. The first kappa shape index (κ1) is 16.6. The van der Waals surface area contributed by atoms with Gasteiger partial charge in [0.05, 0.1) is 5.39 Å². The van der Waals surface area contributed by atoms with E-state index < -0.39 is 5.82 Å². The number of fused-ring (bicyclic) bond motifs is 1. The van der Waals surface area contributed by atoms with E-state index in [1.54, 1.807) is 12.3 Å². The fourth-order valence-corrected chi connectivity index (χ4v) is 3.75. The maximum Gasteiger partial charge on any atom is 0.255 e. The van der Waals surface area contributed by atoms with Crippen LogP contribution in [0.3, 0.4) is 0 Å². The maximum absolute atomic E-state index is 14.5. The van der Waals surface area contributed by atoms with Crippen LogP contribution in [0.25, 0.3) is 10.8 Å². The van der Waals surface area contributed by atoms with Crippen LogP contribution in [0.15, 0.2) is 23.1 Å². The number of aromatic nitrogens is 1. The van der Waals surface area contributed by atoms with Crippen LogP contribution in [-0.2, 0) is 6.42 Å². The number of ether oxygens (including phenoxy) is 1. The summed E-state index contributed by atoms with van der Waals surface area (Å²) < 4.78 is 20.4. The zero-order chi connectivity index (χ0) is 17.4. The molecule has 1 aromatic carbocycles. The van der Waals surface area contributed by atoms with Crippen LogP contribution in [0.1, 0.15) is 38.2 Å². The van der Waals surface area contributed by atoms with Gasteiger partial charge in [0.15, 0.2) is 11.6 Å². The van der Waals surface area contributed by atoms with Gasteiger partial charge in [-0.2, -0.15) is 0 Å². The molecule has 2 aliphatic rings. The van der Waals surface area contributed by atoms with E-state index in [0.717, 1.165) is 49.2 Å². The smallest absolute Gasteiger partial charge is 0.255 e. The Morgan fingerprint density at radius 2 is 1.96 bits per heavy atom. The molecule has 0 unspecified atom stereocenters. The van der Waals surface area contributed by atoms with Crippen molar-refractivity contribution in [1.82, 2.24) is 9.88 Å². The second-order valence-corrected chi connectivity index (χ2v) is 7.39. The largest absolute Gasteiger partial charge is 0.487 e. The molecule has 134 valence electrons. The van der Waals surface area contributed by atoms with Crippen molar-refractivity contribution in [3.63, 3.8) is 0 Å². The monoisotopic (exact) mass is 344 g/mol. The van der Waals surface area contributed by atoms with Crippen molar-refractivity contribution in [2.75, 3.05) is 19.6 Å². The predicted molar refractivity (Wildman–Crippen MR) is 96.7 cm³/mol. The molecule has 2 fully saturated rings. The number of nitrogens with zero attached hydrogens (tertiary/aromatic N) is 1. The maximum atomic E-state index is 14.5. The van der Waals surface area contributed by atoms with Gasteiger partial charge in [-0.15, -0.1) is 0 Å². The molecule has 0 bridgehead atoms. The molecule has 2 aromatic rings. The number of piperidine rings is 1. The van der Waals surface area contributed by atoms with Gasteiger partial charge in [-0.3, -0.25) is 4.79 Å². The second kappa shape index (κ2) is 6.79. The summed E-state index contributed by atoms with van der Waals surface area (Å²) in [4.78, 5) is 17.1. The van der Waals surface area contributed by atoms with E-state index in [1.807, 2.05) is 6.92 Å². The molecule has 0 atom stereocenters. The number of aromatic amines is 1. The molecule has 1 N–H and O–H groups in total. The SMILES string of the molecule is CCc1c[nH]c(=O)c2cc(F)c(OC3CCN(CC4CC4)CC3)cc12. The highest BCUT2D eigenvalue weighted by molar-refractivity contribution is 5.86.